The molecule has 0 aliphatic carbocycles. The molecule has 3 N–H and O–H groups in total. The number of nitrogens with two attached hydrogens (primary N) is 1. The average molecular weight is 469 g/mol. The van der Waals surface area contributed by atoms with Crippen molar-refractivity contribution in [1.29, 1.82) is 0 Å². The van der Waals surface area contributed by atoms with Gasteiger partial charge in [0, 0.05) is 30.8 Å². The van der Waals surface area contributed by atoms with Crippen LogP contribution in [0.1, 0.15) is 45.4 Å². The standard InChI is InChI=1S/C23H29FN8O2/c1-13-5-6-14(10-31(13)16-9-26-30(11-16)12-23(2,3)33)20-28-21-17-7-15(24)8-18(34-4)19(17)27-22(25)32(21)29-20/h7-9,11,13-14,33H,5-6,10,12H2,1-4H3,(H2,25,27)/t13-,14-/m0/s1. The van der Waals surface area contributed by atoms with E-state index >= 15 is 0 Å². The lowest BCUT2D eigenvalue weighted by Gasteiger charge is -2.37. The Morgan fingerprint density at radius 2 is 2.06 bits per heavy atom. The van der Waals surface area contributed by atoms with E-state index in [1.165, 1.54) is 23.8 Å². The first-order valence-corrected chi connectivity index (χ1v) is 11.3. The molecule has 1 fully saturated rings. The lowest BCUT2D eigenvalue weighted by atomic mass is 9.92. The molecule has 0 bridgehead atoms. The maximum Gasteiger partial charge on any atom is 0.223 e. The van der Waals surface area contributed by atoms with E-state index in [0.29, 0.717) is 47.3 Å². The Hall–Kier alpha value is -3.47. The minimum absolute atomic E-state index is 0.0543. The van der Waals surface area contributed by atoms with Crippen LogP contribution in [-0.4, -0.2) is 59.8 Å². The Labute approximate surface area is 196 Å². The Balaban J connectivity index is 1.49. The fourth-order valence-corrected chi connectivity index (χ4v) is 4.67. The second-order valence-electron chi connectivity index (χ2n) is 9.66. The molecular formula is C23H29FN8O2. The van der Waals surface area contributed by atoms with Crippen molar-refractivity contribution < 1.29 is 14.2 Å². The normalized spacial score (nSPS) is 19.3. The summed E-state index contributed by atoms with van der Waals surface area (Å²) in [5, 5.41) is 19.7. The van der Waals surface area contributed by atoms with Crippen molar-refractivity contribution in [2.45, 2.75) is 57.7 Å². The van der Waals surface area contributed by atoms with Crippen LogP contribution in [-0.2, 0) is 6.54 Å². The number of rotatable bonds is 5. The molecule has 34 heavy (non-hydrogen) atoms. The van der Waals surface area contributed by atoms with Gasteiger partial charge in [0.15, 0.2) is 11.5 Å². The number of hydrogen-bond acceptors (Lipinski definition) is 8. The van der Waals surface area contributed by atoms with Gasteiger partial charge in [-0.3, -0.25) is 4.68 Å². The van der Waals surface area contributed by atoms with Crippen molar-refractivity contribution in [3.8, 4) is 5.75 Å². The van der Waals surface area contributed by atoms with Crippen molar-refractivity contribution >= 4 is 28.2 Å². The molecule has 3 aromatic heterocycles. The lowest BCUT2D eigenvalue weighted by Crippen LogP contribution is -2.41. The molecule has 1 aliphatic heterocycles. The van der Waals surface area contributed by atoms with Gasteiger partial charge < -0.3 is 20.5 Å². The highest BCUT2D eigenvalue weighted by atomic mass is 19.1. The van der Waals surface area contributed by atoms with Crippen molar-refractivity contribution in [3.63, 3.8) is 0 Å². The van der Waals surface area contributed by atoms with Crippen molar-refractivity contribution in [2.75, 3.05) is 24.3 Å². The van der Waals surface area contributed by atoms with E-state index in [-0.39, 0.29) is 11.9 Å². The molecule has 0 unspecified atom stereocenters. The van der Waals surface area contributed by atoms with Crippen LogP contribution in [0.25, 0.3) is 16.6 Å². The minimum Gasteiger partial charge on any atom is -0.494 e. The quantitative estimate of drug-likeness (QED) is 0.459. The van der Waals surface area contributed by atoms with Gasteiger partial charge in [0.1, 0.15) is 17.1 Å². The number of methoxy groups -OCH3 is 1. The third-order valence-corrected chi connectivity index (χ3v) is 6.31. The molecule has 0 spiro atoms. The zero-order valence-electron chi connectivity index (χ0n) is 19.7. The summed E-state index contributed by atoms with van der Waals surface area (Å²) in [5.41, 5.74) is 7.23. The first-order valence-electron chi connectivity index (χ1n) is 11.3. The molecule has 2 atom stereocenters. The van der Waals surface area contributed by atoms with Gasteiger partial charge in [-0.15, -0.1) is 5.10 Å². The van der Waals surface area contributed by atoms with Gasteiger partial charge in [0.2, 0.25) is 5.95 Å². The van der Waals surface area contributed by atoms with Gasteiger partial charge in [0.25, 0.3) is 0 Å². The van der Waals surface area contributed by atoms with Crippen molar-refractivity contribution in [2.24, 2.45) is 0 Å². The van der Waals surface area contributed by atoms with E-state index in [0.717, 1.165) is 18.5 Å². The summed E-state index contributed by atoms with van der Waals surface area (Å²) < 4.78 is 22.8. The molecule has 10 nitrogen and oxygen atoms in total. The highest BCUT2D eigenvalue weighted by Gasteiger charge is 2.31. The predicted octanol–water partition coefficient (Wildman–Crippen LogP) is 2.75. The van der Waals surface area contributed by atoms with E-state index < -0.39 is 11.4 Å². The molecule has 1 saturated heterocycles. The Morgan fingerprint density at radius 3 is 2.79 bits per heavy atom. The molecular weight excluding hydrogens is 439 g/mol. The zero-order valence-corrected chi connectivity index (χ0v) is 19.7. The van der Waals surface area contributed by atoms with Gasteiger partial charge in [-0.05, 0) is 39.7 Å². The Bertz CT molecular complexity index is 1360. The number of piperidine rings is 1. The molecule has 0 amide bonds. The summed E-state index contributed by atoms with van der Waals surface area (Å²) in [6.45, 7) is 6.82. The summed E-state index contributed by atoms with van der Waals surface area (Å²) in [4.78, 5) is 11.5. The molecule has 180 valence electrons. The monoisotopic (exact) mass is 468 g/mol. The van der Waals surface area contributed by atoms with E-state index in [1.807, 2.05) is 12.4 Å². The molecule has 4 aromatic rings. The number of benzene rings is 1. The van der Waals surface area contributed by atoms with Crippen LogP contribution >= 0.6 is 0 Å². The number of anilines is 2. The number of nitrogens with zero attached hydrogens (tertiary/aromatic N) is 7. The topological polar surface area (TPSA) is 120 Å². The maximum absolute atomic E-state index is 14.2. The highest BCUT2D eigenvalue weighted by Crippen LogP contribution is 2.34. The molecule has 1 aromatic carbocycles. The second kappa shape index (κ2) is 8.08. The summed E-state index contributed by atoms with van der Waals surface area (Å²) in [7, 11) is 1.47. The van der Waals surface area contributed by atoms with Gasteiger partial charge in [-0.1, -0.05) is 0 Å². The number of halogens is 1. The van der Waals surface area contributed by atoms with Crippen LogP contribution in [0.2, 0.25) is 0 Å². The van der Waals surface area contributed by atoms with Gasteiger partial charge >= 0.3 is 0 Å². The van der Waals surface area contributed by atoms with E-state index in [4.69, 9.17) is 15.5 Å². The smallest absolute Gasteiger partial charge is 0.223 e. The molecule has 5 rings (SSSR count). The van der Waals surface area contributed by atoms with Crippen LogP contribution in [0.4, 0.5) is 16.0 Å². The Kier molecular flexibility index (Phi) is 5.31. The van der Waals surface area contributed by atoms with Crippen molar-refractivity contribution in [3.05, 3.63) is 36.2 Å². The number of hydrogen-bond donors (Lipinski definition) is 2. The van der Waals surface area contributed by atoms with Crippen LogP contribution in [0.5, 0.6) is 5.75 Å². The molecule has 0 saturated carbocycles. The van der Waals surface area contributed by atoms with E-state index in [2.05, 4.69) is 27.0 Å². The molecule has 11 heteroatoms. The average Bonchev–Trinajstić information content (AvgIpc) is 3.41. The third kappa shape index (κ3) is 4.00. The first-order chi connectivity index (χ1) is 16.1. The maximum atomic E-state index is 14.2. The van der Waals surface area contributed by atoms with Crippen LogP contribution in [0, 0.1) is 5.82 Å². The van der Waals surface area contributed by atoms with Gasteiger partial charge in [-0.25, -0.2) is 14.4 Å². The van der Waals surface area contributed by atoms with E-state index in [1.54, 1.807) is 18.5 Å². The second-order valence-corrected chi connectivity index (χ2v) is 9.66. The largest absolute Gasteiger partial charge is 0.494 e. The number of ether oxygens (including phenoxy) is 1. The minimum atomic E-state index is -0.849. The third-order valence-electron chi connectivity index (χ3n) is 6.31. The summed E-state index contributed by atoms with van der Waals surface area (Å²) in [6.07, 6.45) is 5.65. The van der Waals surface area contributed by atoms with Crippen LogP contribution in [0.15, 0.2) is 24.5 Å². The van der Waals surface area contributed by atoms with Gasteiger partial charge in [-0.2, -0.15) is 9.61 Å². The summed E-state index contributed by atoms with van der Waals surface area (Å²) in [6, 6.07) is 2.98. The molecule has 1 aliphatic rings. The fourth-order valence-electron chi connectivity index (χ4n) is 4.67. The van der Waals surface area contributed by atoms with Gasteiger partial charge in [0.05, 0.1) is 36.5 Å². The molecule has 0 radical (unpaired) electrons. The summed E-state index contributed by atoms with van der Waals surface area (Å²) in [5.74, 6) is 0.723. The van der Waals surface area contributed by atoms with Crippen LogP contribution < -0.4 is 15.4 Å². The SMILES string of the molecule is COc1cc(F)cc2c1nc(N)n1nc([C@H]3CC[C@H](C)N(c4cnn(CC(C)(C)O)c4)C3)nc21. The lowest BCUT2D eigenvalue weighted by molar-refractivity contribution is 0.0577. The fraction of sp³-hybridized carbons (Fsp3) is 0.478. The van der Waals surface area contributed by atoms with E-state index in [9.17, 15) is 9.50 Å². The van der Waals surface area contributed by atoms with Crippen molar-refractivity contribution in [1.82, 2.24) is 29.4 Å². The number of aromatic nitrogens is 6. The Morgan fingerprint density at radius 1 is 1.26 bits per heavy atom. The predicted molar refractivity (Wildman–Crippen MR) is 127 cm³/mol. The number of aliphatic hydroxyl groups is 1. The zero-order chi connectivity index (χ0) is 24.2. The highest BCUT2D eigenvalue weighted by molar-refractivity contribution is 5.95. The number of fused-ring (bicyclic) bond motifs is 3. The van der Waals surface area contributed by atoms with Crippen LogP contribution in [0.3, 0.4) is 0 Å². The first kappa shape index (κ1) is 22.3. The number of nitrogen functional groups attached to an aromatic ring is 1. The summed E-state index contributed by atoms with van der Waals surface area (Å²) >= 11 is 0. The molecule has 4 heterocycles.